The summed E-state index contributed by atoms with van der Waals surface area (Å²) in [6, 6.07) is 10.5. The van der Waals surface area contributed by atoms with E-state index in [-0.39, 0.29) is 17.3 Å². The van der Waals surface area contributed by atoms with Gasteiger partial charge in [0.2, 0.25) is 5.91 Å². The predicted molar refractivity (Wildman–Crippen MR) is 86.7 cm³/mol. The Morgan fingerprint density at radius 3 is 2.52 bits per heavy atom. The lowest BCUT2D eigenvalue weighted by Crippen LogP contribution is -2.15. The topological polar surface area (TPSA) is 29.1 Å². The Morgan fingerprint density at radius 2 is 1.87 bits per heavy atom. The highest BCUT2D eigenvalue weighted by atomic mass is 32.2. The second kappa shape index (κ2) is 7.08. The fourth-order valence-corrected chi connectivity index (χ4v) is 2.88. The summed E-state index contributed by atoms with van der Waals surface area (Å²) in [5, 5.41) is 2.50. The van der Waals surface area contributed by atoms with Crippen LogP contribution in [0.2, 0.25) is 0 Å². The zero-order valence-corrected chi connectivity index (χ0v) is 13.5. The Morgan fingerprint density at radius 1 is 1.13 bits per heavy atom. The zero-order valence-electron chi connectivity index (χ0n) is 12.7. The van der Waals surface area contributed by atoms with Crippen molar-refractivity contribution in [1.82, 2.24) is 0 Å². The van der Waals surface area contributed by atoms with E-state index in [4.69, 9.17) is 0 Å². The molecule has 122 valence electrons. The summed E-state index contributed by atoms with van der Waals surface area (Å²) in [4.78, 5) is 12.9. The number of thioether (sulfide) groups is 1. The van der Waals surface area contributed by atoms with Crippen molar-refractivity contribution < 1.29 is 18.0 Å². The van der Waals surface area contributed by atoms with E-state index >= 15 is 0 Å². The van der Waals surface area contributed by atoms with E-state index < -0.39 is 11.7 Å². The smallest absolute Gasteiger partial charge is 0.325 e. The van der Waals surface area contributed by atoms with Crippen LogP contribution in [0.1, 0.15) is 16.7 Å². The average molecular weight is 339 g/mol. The van der Waals surface area contributed by atoms with Gasteiger partial charge in [0.15, 0.2) is 0 Å². The predicted octanol–water partition coefficient (Wildman–Crippen LogP) is 5.05. The fraction of sp³-hybridized carbons (Fsp3) is 0.235. The molecule has 0 heterocycles. The van der Waals surface area contributed by atoms with Crippen molar-refractivity contribution in [2.24, 2.45) is 0 Å². The number of benzene rings is 2. The van der Waals surface area contributed by atoms with Crippen molar-refractivity contribution in [3.8, 4) is 0 Å². The molecule has 23 heavy (non-hydrogen) atoms. The fourth-order valence-electron chi connectivity index (χ4n) is 2.07. The molecule has 0 bridgehead atoms. The van der Waals surface area contributed by atoms with Crippen molar-refractivity contribution >= 4 is 23.4 Å². The zero-order chi connectivity index (χ0) is 17.0. The van der Waals surface area contributed by atoms with Crippen molar-refractivity contribution in [3.05, 3.63) is 59.2 Å². The Labute approximate surface area is 137 Å². The maximum atomic E-state index is 12.6. The van der Waals surface area contributed by atoms with Crippen molar-refractivity contribution in [1.29, 1.82) is 0 Å². The number of amides is 1. The van der Waals surface area contributed by atoms with Gasteiger partial charge in [-0.3, -0.25) is 4.79 Å². The Balaban J connectivity index is 1.97. The van der Waals surface area contributed by atoms with E-state index in [0.717, 1.165) is 28.2 Å². The standard InChI is InChI=1S/C17H16F3NOS/c1-11-6-7-15(12(2)8-11)23-10-16(22)21-14-5-3-4-13(9-14)17(18,19)20/h3-9H,10H2,1-2H3,(H,21,22). The summed E-state index contributed by atoms with van der Waals surface area (Å²) in [6.45, 7) is 3.95. The molecule has 0 aliphatic rings. The van der Waals surface area contributed by atoms with Crippen LogP contribution in [0.4, 0.5) is 18.9 Å². The van der Waals surface area contributed by atoms with Crippen LogP contribution in [-0.4, -0.2) is 11.7 Å². The Kier molecular flexibility index (Phi) is 5.36. The lowest BCUT2D eigenvalue weighted by Gasteiger charge is -2.10. The van der Waals surface area contributed by atoms with Gasteiger partial charge in [0.05, 0.1) is 11.3 Å². The van der Waals surface area contributed by atoms with Gasteiger partial charge in [-0.25, -0.2) is 0 Å². The molecule has 0 atom stereocenters. The van der Waals surface area contributed by atoms with Gasteiger partial charge in [0.25, 0.3) is 0 Å². The molecule has 2 aromatic rings. The highest BCUT2D eigenvalue weighted by Crippen LogP contribution is 2.30. The first-order valence-electron chi connectivity index (χ1n) is 6.93. The number of hydrogen-bond donors (Lipinski definition) is 1. The van der Waals surface area contributed by atoms with Gasteiger partial charge in [-0.2, -0.15) is 13.2 Å². The van der Waals surface area contributed by atoms with E-state index in [1.165, 1.54) is 23.9 Å². The maximum Gasteiger partial charge on any atom is 0.416 e. The quantitative estimate of drug-likeness (QED) is 0.790. The number of anilines is 1. The van der Waals surface area contributed by atoms with E-state index in [1.807, 2.05) is 32.0 Å². The first-order valence-corrected chi connectivity index (χ1v) is 7.91. The van der Waals surface area contributed by atoms with E-state index in [1.54, 1.807) is 0 Å². The molecular weight excluding hydrogens is 323 g/mol. The number of carbonyl (C=O) groups excluding carboxylic acids is 1. The lowest BCUT2D eigenvalue weighted by atomic mass is 10.2. The van der Waals surface area contributed by atoms with Crippen LogP contribution in [0.25, 0.3) is 0 Å². The van der Waals surface area contributed by atoms with Crippen LogP contribution in [0.5, 0.6) is 0 Å². The first-order chi connectivity index (χ1) is 10.8. The van der Waals surface area contributed by atoms with E-state index in [9.17, 15) is 18.0 Å². The molecule has 0 radical (unpaired) electrons. The third-order valence-electron chi connectivity index (χ3n) is 3.16. The van der Waals surface area contributed by atoms with Gasteiger partial charge in [-0.1, -0.05) is 23.8 Å². The van der Waals surface area contributed by atoms with Gasteiger partial charge in [-0.05, 0) is 43.7 Å². The van der Waals surface area contributed by atoms with Crippen LogP contribution < -0.4 is 5.32 Å². The number of halogens is 3. The largest absolute Gasteiger partial charge is 0.416 e. The SMILES string of the molecule is Cc1ccc(SCC(=O)Nc2cccc(C(F)(F)F)c2)c(C)c1. The molecule has 6 heteroatoms. The third kappa shape index (κ3) is 5.03. The van der Waals surface area contributed by atoms with Crippen molar-refractivity contribution in [2.75, 3.05) is 11.1 Å². The third-order valence-corrected chi connectivity index (χ3v) is 4.34. The number of alkyl halides is 3. The molecule has 0 aliphatic carbocycles. The number of aryl methyl sites for hydroxylation is 2. The van der Waals surface area contributed by atoms with Gasteiger partial charge < -0.3 is 5.32 Å². The molecule has 1 N–H and O–H groups in total. The molecule has 0 spiro atoms. The number of nitrogens with one attached hydrogen (secondary N) is 1. The number of rotatable bonds is 4. The number of hydrogen-bond acceptors (Lipinski definition) is 2. The summed E-state index contributed by atoms with van der Waals surface area (Å²) < 4.78 is 37.9. The summed E-state index contributed by atoms with van der Waals surface area (Å²) in [6.07, 6.45) is -4.42. The van der Waals surface area contributed by atoms with Crippen LogP contribution in [0, 0.1) is 13.8 Å². The summed E-state index contributed by atoms with van der Waals surface area (Å²) >= 11 is 1.36. The average Bonchev–Trinajstić information content (AvgIpc) is 2.45. The maximum absolute atomic E-state index is 12.6. The minimum atomic E-state index is -4.42. The molecule has 2 aromatic carbocycles. The second-order valence-electron chi connectivity index (χ2n) is 5.18. The minimum Gasteiger partial charge on any atom is -0.325 e. The molecule has 0 saturated heterocycles. The van der Waals surface area contributed by atoms with Gasteiger partial charge in [-0.15, -0.1) is 11.8 Å². The van der Waals surface area contributed by atoms with Crippen LogP contribution in [0.3, 0.4) is 0 Å². The molecule has 0 saturated carbocycles. The molecule has 2 rings (SSSR count). The van der Waals surface area contributed by atoms with Crippen LogP contribution >= 0.6 is 11.8 Å². The van der Waals surface area contributed by atoms with Crippen molar-refractivity contribution in [2.45, 2.75) is 24.9 Å². The Bertz CT molecular complexity index is 713. The molecule has 2 nitrogen and oxygen atoms in total. The van der Waals surface area contributed by atoms with E-state index in [2.05, 4.69) is 5.32 Å². The minimum absolute atomic E-state index is 0.139. The van der Waals surface area contributed by atoms with E-state index in [0.29, 0.717) is 0 Å². The molecule has 0 unspecified atom stereocenters. The van der Waals surface area contributed by atoms with Gasteiger partial charge in [0, 0.05) is 10.6 Å². The summed E-state index contributed by atoms with van der Waals surface area (Å²) in [5.41, 5.74) is 1.57. The van der Waals surface area contributed by atoms with Crippen molar-refractivity contribution in [3.63, 3.8) is 0 Å². The summed E-state index contributed by atoms with van der Waals surface area (Å²) in [5.74, 6) is -0.200. The van der Waals surface area contributed by atoms with Crippen LogP contribution in [0.15, 0.2) is 47.4 Å². The monoisotopic (exact) mass is 339 g/mol. The lowest BCUT2D eigenvalue weighted by molar-refractivity contribution is -0.137. The molecule has 0 aromatic heterocycles. The highest BCUT2D eigenvalue weighted by Gasteiger charge is 2.30. The first kappa shape index (κ1) is 17.4. The van der Waals surface area contributed by atoms with Crippen LogP contribution in [-0.2, 0) is 11.0 Å². The summed E-state index contributed by atoms with van der Waals surface area (Å²) in [7, 11) is 0. The Hall–Kier alpha value is -1.95. The van der Waals surface area contributed by atoms with Gasteiger partial charge in [0.1, 0.15) is 0 Å². The second-order valence-corrected chi connectivity index (χ2v) is 6.20. The van der Waals surface area contributed by atoms with Gasteiger partial charge >= 0.3 is 6.18 Å². The molecule has 0 fully saturated rings. The number of carbonyl (C=O) groups is 1. The molecule has 1 amide bonds. The normalized spacial score (nSPS) is 11.3. The molecule has 0 aliphatic heterocycles. The highest BCUT2D eigenvalue weighted by molar-refractivity contribution is 8.00. The molecular formula is C17H16F3NOS.